The van der Waals surface area contributed by atoms with Crippen LogP contribution in [0.3, 0.4) is 0 Å². The van der Waals surface area contributed by atoms with Crippen molar-refractivity contribution in [1.29, 1.82) is 0 Å². The lowest BCUT2D eigenvalue weighted by Crippen LogP contribution is -2.23. The number of nitrogens with zero attached hydrogens (tertiary/aromatic N) is 3. The second-order valence-electron chi connectivity index (χ2n) is 7.95. The Morgan fingerprint density at radius 3 is 2.39 bits per heavy atom. The number of carbonyl (C=O) groups is 1. The molecule has 0 aliphatic rings. The highest BCUT2D eigenvalue weighted by atomic mass is 35.5. The van der Waals surface area contributed by atoms with Gasteiger partial charge in [-0.05, 0) is 43.5 Å². The largest absolute Gasteiger partial charge is 0.370 e. The van der Waals surface area contributed by atoms with E-state index in [0.717, 1.165) is 35.0 Å². The number of fused-ring (bicyclic) bond motifs is 2. The summed E-state index contributed by atoms with van der Waals surface area (Å²) in [5, 5.41) is 2.91. The number of hydrogen-bond donors (Lipinski definition) is 1. The zero-order valence-corrected chi connectivity index (χ0v) is 20.0. The number of hydrogen-bond acceptors (Lipinski definition) is 5. The summed E-state index contributed by atoms with van der Waals surface area (Å²) in [5.74, 6) is 0.197. The maximum absolute atomic E-state index is 13.2. The van der Waals surface area contributed by atoms with E-state index in [2.05, 4.69) is 0 Å². The predicted molar refractivity (Wildman–Crippen MR) is 135 cm³/mol. The van der Waals surface area contributed by atoms with Crippen molar-refractivity contribution in [3.63, 3.8) is 0 Å². The molecule has 0 radical (unpaired) electrons. The Kier molecular flexibility index (Phi) is 7.30. The molecule has 2 aromatic carbocycles. The van der Waals surface area contributed by atoms with Crippen LogP contribution in [-0.4, -0.2) is 20.4 Å². The number of amides is 1. The van der Waals surface area contributed by atoms with Gasteiger partial charge in [-0.3, -0.25) is 19.1 Å². The summed E-state index contributed by atoms with van der Waals surface area (Å²) in [6, 6.07) is 15.3. The molecule has 1 amide bonds. The maximum atomic E-state index is 13.2. The average molecular weight is 481 g/mol. The summed E-state index contributed by atoms with van der Waals surface area (Å²) in [5.41, 5.74) is 8.50. The highest BCUT2D eigenvalue weighted by Gasteiger charge is 2.15. The summed E-state index contributed by atoms with van der Waals surface area (Å²) >= 11 is 8.11. The summed E-state index contributed by atoms with van der Waals surface area (Å²) in [4.78, 5) is 33.7. The fourth-order valence-electron chi connectivity index (χ4n) is 3.85. The smallest absolute Gasteiger partial charge is 0.262 e. The van der Waals surface area contributed by atoms with Gasteiger partial charge in [-0.2, -0.15) is 0 Å². The molecule has 4 aromatic rings. The van der Waals surface area contributed by atoms with Gasteiger partial charge < -0.3 is 5.73 Å². The lowest BCUT2D eigenvalue weighted by Gasteiger charge is -2.14. The number of halogens is 1. The topological polar surface area (TPSA) is 90.9 Å². The normalized spacial score (nSPS) is 11.3. The minimum Gasteiger partial charge on any atom is -0.370 e. The van der Waals surface area contributed by atoms with Crippen molar-refractivity contribution in [2.24, 2.45) is 5.73 Å². The second-order valence-corrected chi connectivity index (χ2v) is 9.27. The van der Waals surface area contributed by atoms with Crippen LogP contribution < -0.4 is 11.3 Å². The molecule has 0 unspecified atom stereocenters. The van der Waals surface area contributed by atoms with Crippen molar-refractivity contribution >= 4 is 51.1 Å². The van der Waals surface area contributed by atoms with Gasteiger partial charge in [-0.1, -0.05) is 60.1 Å². The molecule has 170 valence electrons. The first kappa shape index (κ1) is 23.3. The fourth-order valence-corrected chi connectivity index (χ4v) is 5.10. The van der Waals surface area contributed by atoms with Crippen LogP contribution >= 0.6 is 23.4 Å². The van der Waals surface area contributed by atoms with E-state index in [1.165, 1.54) is 11.8 Å². The van der Waals surface area contributed by atoms with Gasteiger partial charge in [-0.15, -0.1) is 0 Å². The van der Waals surface area contributed by atoms with Crippen molar-refractivity contribution in [3.05, 3.63) is 75.2 Å². The molecule has 0 saturated heterocycles. The Balaban J connectivity index is 1.62. The van der Waals surface area contributed by atoms with Gasteiger partial charge in [0.25, 0.3) is 5.56 Å². The third kappa shape index (κ3) is 5.20. The molecule has 0 spiro atoms. The molecule has 2 N–H and O–H groups in total. The van der Waals surface area contributed by atoms with Crippen molar-refractivity contribution in [3.8, 4) is 0 Å². The number of aryl methyl sites for hydroxylation is 1. The third-order valence-corrected chi connectivity index (χ3v) is 7.10. The Morgan fingerprint density at radius 2 is 1.67 bits per heavy atom. The quantitative estimate of drug-likeness (QED) is 0.201. The molecule has 4 rings (SSSR count). The van der Waals surface area contributed by atoms with Crippen LogP contribution in [0.4, 0.5) is 0 Å². The zero-order chi connectivity index (χ0) is 23.4. The van der Waals surface area contributed by atoms with Crippen molar-refractivity contribution < 1.29 is 4.79 Å². The first-order valence-electron chi connectivity index (χ1n) is 10.9. The van der Waals surface area contributed by atoms with Crippen molar-refractivity contribution in [2.75, 3.05) is 0 Å². The number of aromatic nitrogens is 3. The maximum Gasteiger partial charge on any atom is 0.262 e. The predicted octanol–water partition coefficient (Wildman–Crippen LogP) is 5.24. The van der Waals surface area contributed by atoms with Gasteiger partial charge in [0.2, 0.25) is 5.91 Å². The molecule has 0 saturated carbocycles. The highest BCUT2D eigenvalue weighted by molar-refractivity contribution is 7.98. The molecular weight excluding hydrogens is 456 g/mol. The molecule has 8 heteroatoms. The fraction of sp³-hybridized carbons (Fsp3) is 0.280. The molecule has 33 heavy (non-hydrogen) atoms. The SMILES string of the molecule is Cc1c(Cl)c(CSc2nc3ccccc3c(=O)n2CCCCCC(N)=O)nc2ccccc12. The Hall–Kier alpha value is -2.90. The van der Waals surface area contributed by atoms with E-state index in [4.69, 9.17) is 27.3 Å². The van der Waals surface area contributed by atoms with E-state index in [1.54, 1.807) is 10.6 Å². The molecular formula is C25H25ClN4O2S. The standard InChI is InChI=1S/C25H25ClN4O2S/c1-16-17-9-4-6-11-19(17)28-21(23(16)26)15-33-25-29-20-12-7-5-10-18(20)24(32)30(25)14-8-2-3-13-22(27)31/h4-7,9-12H,2-3,8,13-15H2,1H3,(H2,27,31). The molecule has 0 aliphatic heterocycles. The number of benzene rings is 2. The van der Waals surface area contributed by atoms with Gasteiger partial charge in [0.05, 0.1) is 27.1 Å². The number of carbonyl (C=O) groups excluding carboxylic acids is 1. The molecule has 0 atom stereocenters. The Morgan fingerprint density at radius 1 is 1.00 bits per heavy atom. The minimum atomic E-state index is -0.300. The van der Waals surface area contributed by atoms with E-state index >= 15 is 0 Å². The van der Waals surface area contributed by atoms with Crippen LogP contribution in [0.5, 0.6) is 0 Å². The molecule has 0 fully saturated rings. The van der Waals surface area contributed by atoms with E-state index in [-0.39, 0.29) is 11.5 Å². The van der Waals surface area contributed by atoms with Crippen LogP contribution in [0.15, 0.2) is 58.5 Å². The van der Waals surface area contributed by atoms with E-state index < -0.39 is 0 Å². The summed E-state index contributed by atoms with van der Waals surface area (Å²) in [6.45, 7) is 2.52. The molecule has 2 heterocycles. The van der Waals surface area contributed by atoms with E-state index in [0.29, 0.717) is 46.2 Å². The summed E-state index contributed by atoms with van der Waals surface area (Å²) in [6.07, 6.45) is 2.64. The summed E-state index contributed by atoms with van der Waals surface area (Å²) < 4.78 is 1.72. The average Bonchev–Trinajstić information content (AvgIpc) is 2.81. The highest BCUT2D eigenvalue weighted by Crippen LogP contribution is 2.31. The van der Waals surface area contributed by atoms with Crippen LogP contribution in [0, 0.1) is 6.92 Å². The number of thioether (sulfide) groups is 1. The van der Waals surface area contributed by atoms with Crippen molar-refractivity contribution in [2.45, 2.75) is 50.1 Å². The van der Waals surface area contributed by atoms with Crippen LogP contribution in [0.2, 0.25) is 5.02 Å². The number of para-hydroxylation sites is 2. The number of pyridine rings is 1. The van der Waals surface area contributed by atoms with E-state index in [9.17, 15) is 9.59 Å². The summed E-state index contributed by atoms with van der Waals surface area (Å²) in [7, 11) is 0. The van der Waals surface area contributed by atoms with Gasteiger partial charge in [0.15, 0.2) is 5.16 Å². The Labute approximate surface area is 201 Å². The molecule has 2 aromatic heterocycles. The second kappa shape index (κ2) is 10.4. The van der Waals surface area contributed by atoms with E-state index in [1.807, 2.05) is 49.4 Å². The van der Waals surface area contributed by atoms with Gasteiger partial charge in [0.1, 0.15) is 0 Å². The number of rotatable bonds is 9. The number of nitrogens with two attached hydrogens (primary N) is 1. The third-order valence-electron chi connectivity index (χ3n) is 5.62. The van der Waals surface area contributed by atoms with Crippen LogP contribution in [-0.2, 0) is 17.1 Å². The van der Waals surface area contributed by atoms with Gasteiger partial charge in [0, 0.05) is 24.1 Å². The lowest BCUT2D eigenvalue weighted by atomic mass is 10.1. The van der Waals surface area contributed by atoms with Gasteiger partial charge >= 0.3 is 0 Å². The number of unbranched alkanes of at least 4 members (excludes halogenated alkanes) is 2. The van der Waals surface area contributed by atoms with Crippen LogP contribution in [0.25, 0.3) is 21.8 Å². The lowest BCUT2D eigenvalue weighted by molar-refractivity contribution is -0.118. The first-order valence-corrected chi connectivity index (χ1v) is 12.3. The van der Waals surface area contributed by atoms with Crippen LogP contribution in [0.1, 0.15) is 36.9 Å². The molecule has 0 bridgehead atoms. The van der Waals surface area contributed by atoms with Gasteiger partial charge in [-0.25, -0.2) is 4.98 Å². The minimum absolute atomic E-state index is 0.0632. The zero-order valence-electron chi connectivity index (χ0n) is 18.4. The Bertz CT molecular complexity index is 1390. The molecule has 0 aliphatic carbocycles. The van der Waals surface area contributed by atoms with Crippen molar-refractivity contribution in [1.82, 2.24) is 14.5 Å². The first-order chi connectivity index (χ1) is 16.0. The number of primary amides is 1. The molecule has 6 nitrogen and oxygen atoms in total. The monoisotopic (exact) mass is 480 g/mol.